The van der Waals surface area contributed by atoms with Crippen LogP contribution in [-0.4, -0.2) is 22.0 Å². The van der Waals surface area contributed by atoms with Crippen LogP contribution in [0.4, 0.5) is 0 Å². The largest absolute Gasteiger partial charge is 0.359 e. The van der Waals surface area contributed by atoms with E-state index in [-0.39, 0.29) is 0 Å². The van der Waals surface area contributed by atoms with Crippen molar-refractivity contribution in [3.05, 3.63) is 0 Å². The van der Waals surface area contributed by atoms with E-state index in [1.807, 2.05) is 11.8 Å². The molecule has 0 amide bonds. The number of nitrogens with one attached hydrogen (secondary N) is 1. The standard InChI is InChI=1S/C11H20N2S/c1-7(2)11(5-6-11)13-10-12-8(3)9(4)14-10/h7-9H,5-6H2,1-4H3,(H,12,13). The molecule has 1 aliphatic carbocycles. The molecule has 1 saturated carbocycles. The fraction of sp³-hybridized carbons (Fsp3) is 0.909. The van der Waals surface area contributed by atoms with E-state index in [9.17, 15) is 0 Å². The number of hydrogen-bond donors (Lipinski definition) is 1. The van der Waals surface area contributed by atoms with E-state index >= 15 is 0 Å². The topological polar surface area (TPSA) is 24.4 Å². The van der Waals surface area contributed by atoms with Gasteiger partial charge in [0.2, 0.25) is 0 Å². The molecule has 2 aliphatic rings. The Morgan fingerprint density at radius 3 is 2.43 bits per heavy atom. The van der Waals surface area contributed by atoms with Crippen molar-refractivity contribution in [2.75, 3.05) is 0 Å². The second kappa shape index (κ2) is 3.44. The van der Waals surface area contributed by atoms with E-state index in [1.54, 1.807) is 0 Å². The molecule has 2 rings (SSSR count). The maximum atomic E-state index is 4.65. The lowest BCUT2D eigenvalue weighted by Gasteiger charge is -2.22. The van der Waals surface area contributed by atoms with Crippen LogP contribution in [0.3, 0.4) is 0 Å². The van der Waals surface area contributed by atoms with E-state index in [2.05, 4.69) is 38.0 Å². The lowest BCUT2D eigenvalue weighted by Crippen LogP contribution is -2.38. The second-order valence-electron chi connectivity index (χ2n) is 4.93. The van der Waals surface area contributed by atoms with Gasteiger partial charge in [-0.3, -0.25) is 4.99 Å². The monoisotopic (exact) mass is 212 g/mol. The summed E-state index contributed by atoms with van der Waals surface area (Å²) in [6.45, 7) is 9.05. The van der Waals surface area contributed by atoms with Gasteiger partial charge in [-0.05, 0) is 25.7 Å². The van der Waals surface area contributed by atoms with Crippen LogP contribution in [-0.2, 0) is 0 Å². The van der Waals surface area contributed by atoms with Crippen LogP contribution < -0.4 is 5.32 Å². The summed E-state index contributed by atoms with van der Waals surface area (Å²) in [5.74, 6) is 0.719. The lowest BCUT2D eigenvalue weighted by atomic mass is 10.0. The van der Waals surface area contributed by atoms with E-state index in [0.717, 1.165) is 5.92 Å². The molecule has 2 nitrogen and oxygen atoms in total. The smallest absolute Gasteiger partial charge is 0.157 e. The third kappa shape index (κ3) is 1.79. The summed E-state index contributed by atoms with van der Waals surface area (Å²) in [4.78, 5) is 4.65. The minimum Gasteiger partial charge on any atom is -0.359 e. The van der Waals surface area contributed by atoms with Crippen molar-refractivity contribution in [2.45, 2.75) is 57.4 Å². The van der Waals surface area contributed by atoms with Crippen LogP contribution in [0.15, 0.2) is 4.99 Å². The third-order valence-electron chi connectivity index (χ3n) is 3.55. The molecule has 0 aromatic rings. The first-order valence-corrected chi connectivity index (χ1v) is 6.44. The minimum atomic E-state index is 0.385. The Labute approximate surface area is 90.9 Å². The van der Waals surface area contributed by atoms with Crippen molar-refractivity contribution in [2.24, 2.45) is 10.9 Å². The highest BCUT2D eigenvalue weighted by Crippen LogP contribution is 2.43. The fourth-order valence-electron chi connectivity index (χ4n) is 1.85. The Balaban J connectivity index is 1.96. The molecular formula is C11H20N2S. The van der Waals surface area contributed by atoms with Gasteiger partial charge in [0.05, 0.1) is 6.04 Å². The van der Waals surface area contributed by atoms with Gasteiger partial charge < -0.3 is 5.32 Å². The summed E-state index contributed by atoms with van der Waals surface area (Å²) in [5.41, 5.74) is 0.385. The highest BCUT2D eigenvalue weighted by atomic mass is 32.2. The average molecular weight is 212 g/mol. The Bertz CT molecular complexity index is 256. The molecule has 0 radical (unpaired) electrons. The predicted octanol–water partition coefficient (Wildman–Crippen LogP) is 2.64. The number of amidine groups is 1. The van der Waals surface area contributed by atoms with Crippen molar-refractivity contribution in [1.82, 2.24) is 5.32 Å². The zero-order valence-electron chi connectivity index (χ0n) is 9.50. The van der Waals surface area contributed by atoms with E-state index in [1.165, 1.54) is 18.0 Å². The second-order valence-corrected chi connectivity index (χ2v) is 6.30. The lowest BCUT2D eigenvalue weighted by molar-refractivity contribution is 0.437. The Morgan fingerprint density at radius 1 is 1.43 bits per heavy atom. The first-order valence-electron chi connectivity index (χ1n) is 5.56. The molecule has 0 saturated heterocycles. The Hall–Kier alpha value is -0.180. The molecule has 80 valence electrons. The number of rotatable bonds is 2. The maximum Gasteiger partial charge on any atom is 0.157 e. The van der Waals surface area contributed by atoms with Crippen LogP contribution in [0, 0.1) is 5.92 Å². The normalized spacial score (nSPS) is 34.5. The molecule has 1 heterocycles. The summed E-state index contributed by atoms with van der Waals surface area (Å²) in [7, 11) is 0. The molecule has 2 unspecified atom stereocenters. The number of hydrogen-bond acceptors (Lipinski definition) is 3. The molecule has 0 aromatic carbocycles. The van der Waals surface area contributed by atoms with Crippen molar-refractivity contribution >= 4 is 16.9 Å². The van der Waals surface area contributed by atoms with E-state index < -0.39 is 0 Å². The van der Waals surface area contributed by atoms with Crippen molar-refractivity contribution < 1.29 is 0 Å². The van der Waals surface area contributed by atoms with Gasteiger partial charge >= 0.3 is 0 Å². The van der Waals surface area contributed by atoms with Crippen LogP contribution in [0.1, 0.15) is 40.5 Å². The maximum absolute atomic E-state index is 4.65. The van der Waals surface area contributed by atoms with Gasteiger partial charge in [0.1, 0.15) is 0 Å². The summed E-state index contributed by atoms with van der Waals surface area (Å²) >= 11 is 1.90. The van der Waals surface area contributed by atoms with Crippen molar-refractivity contribution in [3.63, 3.8) is 0 Å². The van der Waals surface area contributed by atoms with Gasteiger partial charge in [0.15, 0.2) is 5.17 Å². The molecule has 0 aromatic heterocycles. The molecule has 1 N–H and O–H groups in total. The first kappa shape index (κ1) is 10.3. The number of nitrogens with zero attached hydrogens (tertiary/aromatic N) is 1. The molecule has 1 aliphatic heterocycles. The molecule has 14 heavy (non-hydrogen) atoms. The molecule has 3 heteroatoms. The average Bonchev–Trinajstić information content (AvgIpc) is 2.78. The summed E-state index contributed by atoms with van der Waals surface area (Å²) in [6, 6.07) is 0.477. The Morgan fingerprint density at radius 2 is 2.07 bits per heavy atom. The van der Waals surface area contributed by atoms with E-state index in [4.69, 9.17) is 0 Å². The molecule has 1 fully saturated rings. The van der Waals surface area contributed by atoms with Crippen LogP contribution in [0.2, 0.25) is 0 Å². The van der Waals surface area contributed by atoms with E-state index in [0.29, 0.717) is 16.8 Å². The first-order chi connectivity index (χ1) is 6.53. The van der Waals surface area contributed by atoms with Gasteiger partial charge in [-0.25, -0.2) is 0 Å². The van der Waals surface area contributed by atoms with Gasteiger partial charge in [0.25, 0.3) is 0 Å². The van der Waals surface area contributed by atoms with Gasteiger partial charge in [-0.15, -0.1) is 0 Å². The third-order valence-corrected chi connectivity index (χ3v) is 4.74. The fourth-order valence-corrected chi connectivity index (χ4v) is 2.95. The quantitative estimate of drug-likeness (QED) is 0.761. The van der Waals surface area contributed by atoms with Crippen LogP contribution >= 0.6 is 11.8 Å². The Kier molecular flexibility index (Phi) is 2.54. The predicted molar refractivity (Wildman–Crippen MR) is 63.9 cm³/mol. The SMILES string of the molecule is CC1N=C(NC2(C(C)C)CC2)SC1C. The van der Waals surface area contributed by atoms with Gasteiger partial charge in [-0.1, -0.05) is 32.5 Å². The van der Waals surface area contributed by atoms with Crippen molar-refractivity contribution in [1.29, 1.82) is 0 Å². The highest BCUT2D eigenvalue weighted by molar-refractivity contribution is 8.14. The molecule has 0 spiro atoms. The molecule has 0 bridgehead atoms. The van der Waals surface area contributed by atoms with Gasteiger partial charge in [-0.2, -0.15) is 0 Å². The summed E-state index contributed by atoms with van der Waals surface area (Å²) < 4.78 is 0. The zero-order valence-corrected chi connectivity index (χ0v) is 10.3. The molecule has 2 atom stereocenters. The zero-order chi connectivity index (χ0) is 10.3. The number of aliphatic imine (C=N–C) groups is 1. The summed E-state index contributed by atoms with van der Waals surface area (Å²) in [5, 5.41) is 5.46. The van der Waals surface area contributed by atoms with Crippen LogP contribution in [0.5, 0.6) is 0 Å². The van der Waals surface area contributed by atoms with Crippen LogP contribution in [0.25, 0.3) is 0 Å². The van der Waals surface area contributed by atoms with Crippen molar-refractivity contribution in [3.8, 4) is 0 Å². The summed E-state index contributed by atoms with van der Waals surface area (Å²) in [6.07, 6.45) is 2.63. The van der Waals surface area contributed by atoms with Gasteiger partial charge in [0, 0.05) is 10.8 Å². The highest BCUT2D eigenvalue weighted by Gasteiger charge is 2.46. The molecular weight excluding hydrogens is 192 g/mol. The number of thioether (sulfide) groups is 1. The minimum absolute atomic E-state index is 0.385.